The minimum absolute atomic E-state index is 0.0974. The Bertz CT molecular complexity index is 434. The van der Waals surface area contributed by atoms with Gasteiger partial charge < -0.3 is 16.0 Å². The molecule has 3 N–H and O–H groups in total. The summed E-state index contributed by atoms with van der Waals surface area (Å²) in [4.78, 5) is 21.8. The van der Waals surface area contributed by atoms with Crippen molar-refractivity contribution in [1.82, 2.24) is 14.9 Å². The van der Waals surface area contributed by atoms with Crippen LogP contribution in [-0.4, -0.2) is 40.4 Å². The van der Waals surface area contributed by atoms with Crippen molar-refractivity contribution >= 4 is 17.5 Å². The number of nitrogen functional groups attached to an aromatic ring is 1. The Morgan fingerprint density at radius 3 is 2.94 bits per heavy atom. The Morgan fingerprint density at radius 1 is 1.59 bits per heavy atom. The molecule has 6 heteroatoms. The highest BCUT2D eigenvalue weighted by molar-refractivity contribution is 5.86. The number of likely N-dealkylation sites (tertiary alicyclic amines) is 1. The summed E-state index contributed by atoms with van der Waals surface area (Å²) in [6.45, 7) is 2.74. The molecule has 1 aromatic rings. The highest BCUT2D eigenvalue weighted by Gasteiger charge is 2.29. The lowest BCUT2D eigenvalue weighted by atomic mass is 10.2. The zero-order valence-corrected chi connectivity index (χ0v) is 10.1. The van der Waals surface area contributed by atoms with Crippen LogP contribution < -0.4 is 11.1 Å². The molecule has 1 aliphatic heterocycles. The summed E-state index contributed by atoms with van der Waals surface area (Å²) in [5, 5.41) is 3.11. The first-order valence-corrected chi connectivity index (χ1v) is 5.75. The zero-order valence-electron chi connectivity index (χ0n) is 10.1. The predicted molar refractivity (Wildman–Crippen MR) is 65.5 cm³/mol. The van der Waals surface area contributed by atoms with Gasteiger partial charge in [-0.2, -0.15) is 0 Å². The number of nitrogens with one attached hydrogen (secondary N) is 1. The fourth-order valence-corrected chi connectivity index (χ4v) is 1.88. The third-order valence-corrected chi connectivity index (χ3v) is 2.86. The summed E-state index contributed by atoms with van der Waals surface area (Å²) in [5.41, 5.74) is 5.68. The molecule has 2 heterocycles. The number of hydrogen-bond acceptors (Lipinski definition) is 5. The molecule has 0 spiro atoms. The van der Waals surface area contributed by atoms with Crippen LogP contribution in [0.2, 0.25) is 0 Å². The molecule has 17 heavy (non-hydrogen) atoms. The number of amides is 1. The van der Waals surface area contributed by atoms with E-state index in [9.17, 15) is 4.79 Å². The Kier molecular flexibility index (Phi) is 3.12. The lowest BCUT2D eigenvalue weighted by Crippen LogP contribution is -2.31. The van der Waals surface area contributed by atoms with E-state index in [2.05, 4.69) is 15.3 Å². The molecule has 2 rings (SSSR count). The number of rotatable bonds is 3. The van der Waals surface area contributed by atoms with Crippen LogP contribution in [0, 0.1) is 0 Å². The summed E-state index contributed by atoms with van der Waals surface area (Å²) < 4.78 is 0. The van der Waals surface area contributed by atoms with E-state index in [1.807, 2.05) is 6.92 Å². The monoisotopic (exact) mass is 235 g/mol. The highest BCUT2D eigenvalue weighted by Crippen LogP contribution is 2.16. The molecule has 1 fully saturated rings. The second-order valence-electron chi connectivity index (χ2n) is 4.19. The lowest BCUT2D eigenvalue weighted by molar-refractivity contribution is -0.127. The van der Waals surface area contributed by atoms with Gasteiger partial charge in [0.15, 0.2) is 0 Å². The molecule has 1 aromatic heterocycles. The predicted octanol–water partition coefficient (Wildman–Crippen LogP) is 0.264. The molecule has 0 bridgehead atoms. The van der Waals surface area contributed by atoms with Gasteiger partial charge in [-0.1, -0.05) is 6.92 Å². The van der Waals surface area contributed by atoms with Gasteiger partial charge in [0.1, 0.15) is 23.5 Å². The van der Waals surface area contributed by atoms with E-state index in [1.165, 1.54) is 0 Å². The molecule has 1 atom stereocenters. The molecule has 1 amide bonds. The Labute approximate surface area is 100 Å². The summed E-state index contributed by atoms with van der Waals surface area (Å²) in [6.07, 6.45) is 1.51. The van der Waals surface area contributed by atoms with Gasteiger partial charge in [-0.05, 0) is 6.42 Å². The number of nitrogens with two attached hydrogens (primary N) is 1. The summed E-state index contributed by atoms with van der Waals surface area (Å²) in [5.74, 6) is 1.84. The van der Waals surface area contributed by atoms with Crippen LogP contribution in [0.1, 0.15) is 19.2 Å². The summed E-state index contributed by atoms with van der Waals surface area (Å²) in [7, 11) is 1.80. The van der Waals surface area contributed by atoms with Crippen LogP contribution in [0.5, 0.6) is 0 Å². The van der Waals surface area contributed by atoms with E-state index in [-0.39, 0.29) is 11.9 Å². The van der Waals surface area contributed by atoms with Crippen molar-refractivity contribution in [3.63, 3.8) is 0 Å². The van der Waals surface area contributed by atoms with E-state index in [0.29, 0.717) is 17.5 Å². The van der Waals surface area contributed by atoms with Gasteiger partial charge in [0.05, 0.1) is 0 Å². The van der Waals surface area contributed by atoms with Crippen LogP contribution in [0.15, 0.2) is 6.07 Å². The average molecular weight is 235 g/mol. The minimum atomic E-state index is -0.195. The maximum absolute atomic E-state index is 11.7. The van der Waals surface area contributed by atoms with Gasteiger partial charge in [-0.25, -0.2) is 9.97 Å². The zero-order chi connectivity index (χ0) is 12.4. The molecule has 0 aromatic carbocycles. The molecule has 0 radical (unpaired) electrons. The van der Waals surface area contributed by atoms with Crippen molar-refractivity contribution in [2.45, 2.75) is 25.8 Å². The van der Waals surface area contributed by atoms with Crippen LogP contribution >= 0.6 is 0 Å². The first-order chi connectivity index (χ1) is 8.10. The highest BCUT2D eigenvalue weighted by atomic mass is 16.2. The van der Waals surface area contributed by atoms with Gasteiger partial charge in [-0.3, -0.25) is 4.79 Å². The molecule has 1 unspecified atom stereocenters. The fraction of sp³-hybridized carbons (Fsp3) is 0.545. The maximum Gasteiger partial charge on any atom is 0.244 e. The van der Waals surface area contributed by atoms with Crippen molar-refractivity contribution in [1.29, 1.82) is 0 Å². The van der Waals surface area contributed by atoms with Crippen LogP contribution in [0.3, 0.4) is 0 Å². The molecule has 0 saturated carbocycles. The third-order valence-electron chi connectivity index (χ3n) is 2.86. The second-order valence-corrected chi connectivity index (χ2v) is 4.19. The molecule has 1 aliphatic rings. The van der Waals surface area contributed by atoms with Gasteiger partial charge in [0.2, 0.25) is 5.91 Å². The molecule has 92 valence electrons. The van der Waals surface area contributed by atoms with Crippen molar-refractivity contribution < 1.29 is 4.79 Å². The quantitative estimate of drug-likeness (QED) is 0.785. The Morgan fingerprint density at radius 2 is 2.35 bits per heavy atom. The minimum Gasteiger partial charge on any atom is -0.384 e. The molecular weight excluding hydrogens is 218 g/mol. The number of anilines is 2. The Balaban J connectivity index is 2.13. The first kappa shape index (κ1) is 11.6. The lowest BCUT2D eigenvalue weighted by Gasteiger charge is -2.13. The SMILES string of the molecule is CCc1nc(N)cc(NC2CCN(C)C2=O)n1. The van der Waals surface area contributed by atoms with Crippen LogP contribution in [0.4, 0.5) is 11.6 Å². The van der Waals surface area contributed by atoms with Crippen LogP contribution in [0.25, 0.3) is 0 Å². The second kappa shape index (κ2) is 4.57. The van der Waals surface area contributed by atoms with Crippen molar-refractivity contribution in [2.24, 2.45) is 0 Å². The molecular formula is C11H17N5O. The normalized spacial score (nSPS) is 19.8. The van der Waals surface area contributed by atoms with E-state index in [0.717, 1.165) is 19.4 Å². The van der Waals surface area contributed by atoms with Gasteiger partial charge in [0, 0.05) is 26.1 Å². The number of likely N-dealkylation sites (N-methyl/N-ethyl adjacent to an activating group) is 1. The smallest absolute Gasteiger partial charge is 0.244 e. The van der Waals surface area contributed by atoms with E-state index in [4.69, 9.17) is 5.73 Å². The fourth-order valence-electron chi connectivity index (χ4n) is 1.88. The number of aryl methyl sites for hydroxylation is 1. The van der Waals surface area contributed by atoms with E-state index in [1.54, 1.807) is 18.0 Å². The van der Waals surface area contributed by atoms with Crippen molar-refractivity contribution in [3.8, 4) is 0 Å². The van der Waals surface area contributed by atoms with Gasteiger partial charge in [0.25, 0.3) is 0 Å². The van der Waals surface area contributed by atoms with Crippen LogP contribution in [-0.2, 0) is 11.2 Å². The molecule has 6 nitrogen and oxygen atoms in total. The van der Waals surface area contributed by atoms with Crippen molar-refractivity contribution in [2.75, 3.05) is 24.6 Å². The van der Waals surface area contributed by atoms with E-state index < -0.39 is 0 Å². The number of aromatic nitrogens is 2. The van der Waals surface area contributed by atoms with Gasteiger partial charge >= 0.3 is 0 Å². The van der Waals surface area contributed by atoms with Gasteiger partial charge in [-0.15, -0.1) is 0 Å². The first-order valence-electron chi connectivity index (χ1n) is 5.75. The van der Waals surface area contributed by atoms with E-state index >= 15 is 0 Å². The summed E-state index contributed by atoms with van der Waals surface area (Å²) >= 11 is 0. The van der Waals surface area contributed by atoms with Crippen molar-refractivity contribution in [3.05, 3.63) is 11.9 Å². The summed E-state index contributed by atoms with van der Waals surface area (Å²) in [6, 6.07) is 1.46. The Hall–Kier alpha value is -1.85. The molecule has 0 aliphatic carbocycles. The number of hydrogen-bond donors (Lipinski definition) is 2. The maximum atomic E-state index is 11.7. The largest absolute Gasteiger partial charge is 0.384 e. The number of carbonyl (C=O) groups is 1. The average Bonchev–Trinajstić information content (AvgIpc) is 2.60. The standard InChI is InChI=1S/C11H17N5O/c1-3-9-14-8(12)6-10(15-9)13-7-4-5-16(2)11(7)17/h6-7H,3-5H2,1-2H3,(H3,12,13,14,15). The number of nitrogens with zero attached hydrogens (tertiary/aromatic N) is 3. The number of carbonyl (C=O) groups excluding carboxylic acids is 1. The topological polar surface area (TPSA) is 84.1 Å². The third kappa shape index (κ3) is 2.46. The molecule has 1 saturated heterocycles.